The van der Waals surface area contributed by atoms with Crippen LogP contribution in [0.3, 0.4) is 0 Å². The van der Waals surface area contributed by atoms with Gasteiger partial charge in [0.05, 0.1) is 12.6 Å². The maximum atomic E-state index is 12.7. The summed E-state index contributed by atoms with van der Waals surface area (Å²) in [4.78, 5) is 19.5. The Hall–Kier alpha value is -1.90. The molecule has 0 bridgehead atoms. The number of hydrogen-bond acceptors (Lipinski definition) is 4. The second-order valence-corrected chi connectivity index (χ2v) is 7.53. The molecule has 4 rings (SSSR count). The lowest BCUT2D eigenvalue weighted by Gasteiger charge is -2.38. The molecule has 25 heavy (non-hydrogen) atoms. The molecule has 5 heteroatoms. The van der Waals surface area contributed by atoms with Crippen molar-refractivity contribution in [2.75, 3.05) is 44.2 Å². The average Bonchev–Trinajstić information content (AvgIpc) is 3.29. The van der Waals surface area contributed by atoms with Crippen molar-refractivity contribution in [1.29, 1.82) is 5.26 Å². The molecule has 2 aliphatic heterocycles. The third-order valence-electron chi connectivity index (χ3n) is 6.06. The molecular formula is C20H26N4O. The van der Waals surface area contributed by atoms with Crippen LogP contribution in [0.4, 0.5) is 5.69 Å². The first-order chi connectivity index (χ1) is 12.2. The van der Waals surface area contributed by atoms with Crippen LogP contribution in [0.2, 0.25) is 0 Å². The Morgan fingerprint density at radius 1 is 1.12 bits per heavy atom. The maximum Gasteiger partial charge on any atom is 0.241 e. The van der Waals surface area contributed by atoms with E-state index in [1.54, 1.807) is 0 Å². The minimum Gasteiger partial charge on any atom is -0.311 e. The Balaban J connectivity index is 1.28. The number of rotatable bonds is 3. The first-order valence-electron chi connectivity index (χ1n) is 9.49. The molecule has 1 saturated heterocycles. The van der Waals surface area contributed by atoms with Crippen molar-refractivity contribution in [2.24, 2.45) is 5.92 Å². The molecule has 2 unspecified atom stereocenters. The SMILES string of the molecule is N#CC1CCC(N2CCN(CC(=O)N3CCc4ccccc43)CC2)C1. The van der Waals surface area contributed by atoms with E-state index in [4.69, 9.17) is 5.26 Å². The summed E-state index contributed by atoms with van der Waals surface area (Å²) in [5.74, 6) is 0.476. The normalized spacial score (nSPS) is 27.2. The molecular weight excluding hydrogens is 312 g/mol. The van der Waals surface area contributed by atoms with E-state index < -0.39 is 0 Å². The number of carbonyl (C=O) groups is 1. The Labute approximate surface area is 149 Å². The number of nitriles is 1. The van der Waals surface area contributed by atoms with E-state index in [2.05, 4.69) is 28.0 Å². The maximum absolute atomic E-state index is 12.7. The van der Waals surface area contributed by atoms with Crippen molar-refractivity contribution in [3.8, 4) is 6.07 Å². The van der Waals surface area contributed by atoms with Gasteiger partial charge in [-0.05, 0) is 37.3 Å². The van der Waals surface area contributed by atoms with Crippen LogP contribution in [-0.4, -0.2) is 61.0 Å². The summed E-state index contributed by atoms with van der Waals surface area (Å²) in [5.41, 5.74) is 2.38. The fourth-order valence-corrected chi connectivity index (χ4v) is 4.57. The number of piperazine rings is 1. The first kappa shape index (κ1) is 16.6. The zero-order valence-corrected chi connectivity index (χ0v) is 14.7. The highest BCUT2D eigenvalue weighted by molar-refractivity contribution is 5.96. The van der Waals surface area contributed by atoms with Crippen molar-refractivity contribution in [3.05, 3.63) is 29.8 Å². The van der Waals surface area contributed by atoms with Crippen molar-refractivity contribution >= 4 is 11.6 Å². The standard InChI is InChI=1S/C20H26N4O/c21-14-16-5-6-18(13-16)23-11-9-22(10-12-23)15-20(25)24-8-7-17-3-1-2-4-19(17)24/h1-4,16,18H,5-13,15H2. The third kappa shape index (κ3) is 3.42. The number of fused-ring (bicyclic) bond motifs is 1. The molecule has 0 N–H and O–H groups in total. The summed E-state index contributed by atoms with van der Waals surface area (Å²) in [7, 11) is 0. The van der Waals surface area contributed by atoms with E-state index in [1.165, 1.54) is 5.56 Å². The molecule has 1 aliphatic carbocycles. The van der Waals surface area contributed by atoms with Gasteiger partial charge in [0.2, 0.25) is 5.91 Å². The van der Waals surface area contributed by atoms with Crippen LogP contribution in [0.5, 0.6) is 0 Å². The van der Waals surface area contributed by atoms with Gasteiger partial charge in [0.1, 0.15) is 0 Å². The lowest BCUT2D eigenvalue weighted by molar-refractivity contribution is -0.120. The highest BCUT2D eigenvalue weighted by Gasteiger charge is 2.32. The van der Waals surface area contributed by atoms with Crippen LogP contribution in [0.1, 0.15) is 24.8 Å². The van der Waals surface area contributed by atoms with E-state index in [9.17, 15) is 4.79 Å². The zero-order valence-electron chi connectivity index (χ0n) is 14.7. The van der Waals surface area contributed by atoms with Gasteiger partial charge in [-0.15, -0.1) is 0 Å². The summed E-state index contributed by atoms with van der Waals surface area (Å²) in [6.45, 7) is 5.28. The second-order valence-electron chi connectivity index (χ2n) is 7.53. The summed E-state index contributed by atoms with van der Waals surface area (Å²) >= 11 is 0. The van der Waals surface area contributed by atoms with Gasteiger partial charge in [-0.3, -0.25) is 14.6 Å². The molecule has 2 heterocycles. The lowest BCUT2D eigenvalue weighted by atomic mass is 10.1. The van der Waals surface area contributed by atoms with Gasteiger partial charge in [0.25, 0.3) is 0 Å². The largest absolute Gasteiger partial charge is 0.311 e. The lowest BCUT2D eigenvalue weighted by Crippen LogP contribution is -2.52. The minimum atomic E-state index is 0.226. The molecule has 2 fully saturated rings. The topological polar surface area (TPSA) is 50.6 Å². The number of anilines is 1. The van der Waals surface area contributed by atoms with Crippen molar-refractivity contribution in [3.63, 3.8) is 0 Å². The van der Waals surface area contributed by atoms with Crippen molar-refractivity contribution in [2.45, 2.75) is 31.7 Å². The van der Waals surface area contributed by atoms with Crippen LogP contribution in [-0.2, 0) is 11.2 Å². The van der Waals surface area contributed by atoms with Gasteiger partial charge in [-0.25, -0.2) is 0 Å². The highest BCUT2D eigenvalue weighted by Crippen LogP contribution is 2.30. The summed E-state index contributed by atoms with van der Waals surface area (Å²) < 4.78 is 0. The number of amides is 1. The van der Waals surface area contributed by atoms with Crippen LogP contribution in [0, 0.1) is 17.2 Å². The predicted molar refractivity (Wildman–Crippen MR) is 97.3 cm³/mol. The Kier molecular flexibility index (Phi) is 4.74. The zero-order chi connectivity index (χ0) is 17.2. The number of hydrogen-bond donors (Lipinski definition) is 0. The second kappa shape index (κ2) is 7.15. The minimum absolute atomic E-state index is 0.226. The molecule has 132 valence electrons. The number of carbonyl (C=O) groups excluding carboxylic acids is 1. The van der Waals surface area contributed by atoms with Gasteiger partial charge >= 0.3 is 0 Å². The van der Waals surface area contributed by atoms with E-state index in [0.29, 0.717) is 12.6 Å². The van der Waals surface area contributed by atoms with Crippen LogP contribution in [0.25, 0.3) is 0 Å². The molecule has 1 saturated carbocycles. The summed E-state index contributed by atoms with van der Waals surface area (Å²) in [6.07, 6.45) is 4.20. The number of para-hydroxylation sites is 1. The Morgan fingerprint density at radius 3 is 2.68 bits per heavy atom. The quantitative estimate of drug-likeness (QED) is 0.844. The fraction of sp³-hybridized carbons (Fsp3) is 0.600. The third-order valence-corrected chi connectivity index (χ3v) is 6.06. The van der Waals surface area contributed by atoms with Gasteiger partial charge in [0.15, 0.2) is 0 Å². The number of nitrogens with zero attached hydrogens (tertiary/aromatic N) is 4. The highest BCUT2D eigenvalue weighted by atomic mass is 16.2. The van der Waals surface area contributed by atoms with Crippen molar-refractivity contribution in [1.82, 2.24) is 9.80 Å². The van der Waals surface area contributed by atoms with Gasteiger partial charge in [0, 0.05) is 50.4 Å². The van der Waals surface area contributed by atoms with Gasteiger partial charge in [-0.1, -0.05) is 18.2 Å². The Bertz CT molecular complexity index is 675. The molecule has 1 amide bonds. The Morgan fingerprint density at radius 2 is 1.92 bits per heavy atom. The molecule has 3 aliphatic rings. The van der Waals surface area contributed by atoms with E-state index in [-0.39, 0.29) is 11.8 Å². The molecule has 1 aromatic carbocycles. The van der Waals surface area contributed by atoms with Gasteiger partial charge in [-0.2, -0.15) is 5.26 Å². The van der Waals surface area contributed by atoms with Crippen molar-refractivity contribution < 1.29 is 4.79 Å². The summed E-state index contributed by atoms with van der Waals surface area (Å²) in [6, 6.07) is 11.2. The molecule has 2 atom stereocenters. The summed E-state index contributed by atoms with van der Waals surface area (Å²) in [5, 5.41) is 9.08. The monoisotopic (exact) mass is 338 g/mol. The van der Waals surface area contributed by atoms with E-state index >= 15 is 0 Å². The molecule has 0 radical (unpaired) electrons. The van der Waals surface area contributed by atoms with Crippen LogP contribution in [0.15, 0.2) is 24.3 Å². The predicted octanol–water partition coefficient (Wildman–Crippen LogP) is 1.89. The molecule has 0 spiro atoms. The average molecular weight is 338 g/mol. The molecule has 1 aromatic rings. The number of benzene rings is 1. The van der Waals surface area contributed by atoms with Crippen LogP contribution >= 0.6 is 0 Å². The van der Waals surface area contributed by atoms with Gasteiger partial charge < -0.3 is 4.90 Å². The molecule has 5 nitrogen and oxygen atoms in total. The van der Waals surface area contributed by atoms with E-state index in [0.717, 1.165) is 64.1 Å². The smallest absolute Gasteiger partial charge is 0.241 e. The van der Waals surface area contributed by atoms with Crippen LogP contribution < -0.4 is 4.90 Å². The first-order valence-corrected chi connectivity index (χ1v) is 9.49. The van der Waals surface area contributed by atoms with E-state index in [1.807, 2.05) is 17.0 Å². The molecule has 0 aromatic heterocycles. The fourth-order valence-electron chi connectivity index (χ4n) is 4.57.